The zero-order valence-corrected chi connectivity index (χ0v) is 12.5. The Hall–Kier alpha value is -1.45. The highest BCUT2D eigenvalue weighted by Crippen LogP contribution is 2.27. The first-order valence-electron chi connectivity index (χ1n) is 7.09. The van der Waals surface area contributed by atoms with Crippen molar-refractivity contribution in [1.82, 2.24) is 4.90 Å². The number of carbonyl (C=O) groups excluding carboxylic acids is 1. The zero-order valence-electron chi connectivity index (χ0n) is 11.7. The molecule has 1 aliphatic heterocycles. The third-order valence-electron chi connectivity index (χ3n) is 3.93. The fourth-order valence-corrected chi connectivity index (χ4v) is 3.64. The van der Waals surface area contributed by atoms with Crippen LogP contribution in [0.2, 0.25) is 0 Å². The Bertz CT molecular complexity index is 590. The van der Waals surface area contributed by atoms with Crippen LogP contribution >= 0.6 is 11.3 Å². The van der Waals surface area contributed by atoms with Crippen molar-refractivity contribution >= 4 is 17.1 Å². The smallest absolute Gasteiger partial charge is 0.186 e. The Morgan fingerprint density at radius 3 is 2.75 bits per heavy atom. The van der Waals surface area contributed by atoms with Crippen molar-refractivity contribution in [3.8, 4) is 0 Å². The lowest BCUT2D eigenvalue weighted by Gasteiger charge is -2.14. The quantitative estimate of drug-likeness (QED) is 0.798. The van der Waals surface area contributed by atoms with E-state index in [0.29, 0.717) is 12.5 Å². The van der Waals surface area contributed by atoms with Crippen LogP contribution < -0.4 is 0 Å². The van der Waals surface area contributed by atoms with Crippen LogP contribution in [0.5, 0.6) is 0 Å². The highest BCUT2D eigenvalue weighted by Gasteiger charge is 2.25. The zero-order chi connectivity index (χ0) is 13.9. The number of carbonyl (C=O) groups is 1. The Kier molecular flexibility index (Phi) is 3.99. The number of benzene rings is 1. The molecule has 0 N–H and O–H groups in total. The van der Waals surface area contributed by atoms with Gasteiger partial charge in [-0.1, -0.05) is 30.3 Å². The van der Waals surface area contributed by atoms with E-state index in [0.717, 1.165) is 24.4 Å². The highest BCUT2D eigenvalue weighted by atomic mass is 32.1. The highest BCUT2D eigenvalue weighted by molar-refractivity contribution is 7.14. The number of hydrogen-bond acceptors (Lipinski definition) is 3. The van der Waals surface area contributed by atoms with Gasteiger partial charge in [0.25, 0.3) is 0 Å². The van der Waals surface area contributed by atoms with E-state index in [1.165, 1.54) is 10.4 Å². The molecule has 1 aliphatic rings. The van der Waals surface area contributed by atoms with E-state index in [9.17, 15) is 4.79 Å². The van der Waals surface area contributed by atoms with E-state index >= 15 is 0 Å². The number of likely N-dealkylation sites (tertiary alicyclic amines) is 1. The van der Waals surface area contributed by atoms with Crippen LogP contribution in [0.4, 0.5) is 0 Å². The number of nitrogens with zero attached hydrogens (tertiary/aromatic N) is 1. The molecule has 0 amide bonds. The van der Waals surface area contributed by atoms with Gasteiger partial charge < -0.3 is 0 Å². The normalized spacial score (nSPS) is 19.4. The first-order chi connectivity index (χ1) is 9.72. The van der Waals surface area contributed by atoms with E-state index in [-0.39, 0.29) is 5.78 Å². The summed E-state index contributed by atoms with van der Waals surface area (Å²) in [7, 11) is 0. The van der Waals surface area contributed by atoms with E-state index in [2.05, 4.69) is 35.2 Å². The second-order valence-electron chi connectivity index (χ2n) is 5.46. The number of Topliss-reactive ketones (excluding diaryl/α,β-unsaturated/α-hetero) is 1. The monoisotopic (exact) mass is 285 g/mol. The molecular formula is C17H19NOS. The summed E-state index contributed by atoms with van der Waals surface area (Å²) in [5.41, 5.74) is 1.40. The molecule has 0 bridgehead atoms. The van der Waals surface area contributed by atoms with Crippen LogP contribution in [0.15, 0.2) is 42.5 Å². The summed E-state index contributed by atoms with van der Waals surface area (Å²) >= 11 is 1.60. The molecule has 2 aromatic rings. The van der Waals surface area contributed by atoms with Crippen molar-refractivity contribution in [3.05, 3.63) is 57.8 Å². The Morgan fingerprint density at radius 1 is 1.25 bits per heavy atom. The number of rotatable bonds is 4. The first kappa shape index (κ1) is 13.5. The Balaban J connectivity index is 1.59. The topological polar surface area (TPSA) is 20.3 Å². The van der Waals surface area contributed by atoms with Crippen LogP contribution in [0.1, 0.15) is 32.5 Å². The van der Waals surface area contributed by atoms with E-state index < -0.39 is 0 Å². The van der Waals surface area contributed by atoms with Crippen LogP contribution in [0.25, 0.3) is 0 Å². The molecule has 0 radical (unpaired) electrons. The van der Waals surface area contributed by atoms with Crippen molar-refractivity contribution in [3.63, 3.8) is 0 Å². The van der Waals surface area contributed by atoms with E-state index in [4.69, 9.17) is 0 Å². The van der Waals surface area contributed by atoms with Gasteiger partial charge >= 0.3 is 0 Å². The summed E-state index contributed by atoms with van der Waals surface area (Å²) in [4.78, 5) is 16.6. The van der Waals surface area contributed by atoms with Crippen molar-refractivity contribution in [2.24, 2.45) is 0 Å². The second kappa shape index (κ2) is 5.90. The predicted molar refractivity (Wildman–Crippen MR) is 83.6 cm³/mol. The molecule has 104 valence electrons. The Labute approximate surface area is 124 Å². The molecule has 3 rings (SSSR count). The maximum Gasteiger partial charge on any atom is 0.186 e. The third-order valence-corrected chi connectivity index (χ3v) is 4.97. The predicted octanol–water partition coefficient (Wildman–Crippen LogP) is 3.73. The Morgan fingerprint density at radius 2 is 2.05 bits per heavy atom. The second-order valence-corrected chi connectivity index (χ2v) is 6.75. The molecule has 20 heavy (non-hydrogen) atoms. The van der Waals surface area contributed by atoms with Gasteiger partial charge in [0.1, 0.15) is 0 Å². The lowest BCUT2D eigenvalue weighted by Crippen LogP contribution is -2.27. The van der Waals surface area contributed by atoms with Crippen molar-refractivity contribution in [2.75, 3.05) is 19.6 Å². The summed E-state index contributed by atoms with van der Waals surface area (Å²) in [5, 5.41) is 0. The largest absolute Gasteiger partial charge is 0.295 e. The first-order valence-corrected chi connectivity index (χ1v) is 7.91. The molecule has 1 atom stereocenters. The van der Waals surface area contributed by atoms with Crippen molar-refractivity contribution < 1.29 is 4.79 Å². The van der Waals surface area contributed by atoms with Gasteiger partial charge in [0.2, 0.25) is 0 Å². The number of aryl methyl sites for hydroxylation is 1. The van der Waals surface area contributed by atoms with Gasteiger partial charge in [-0.25, -0.2) is 0 Å². The molecule has 2 heterocycles. The molecule has 1 fully saturated rings. The fraction of sp³-hybridized carbons (Fsp3) is 0.353. The molecule has 2 nitrogen and oxygen atoms in total. The van der Waals surface area contributed by atoms with Gasteiger partial charge in [0.15, 0.2) is 5.78 Å². The van der Waals surface area contributed by atoms with Gasteiger partial charge in [-0.15, -0.1) is 11.3 Å². The standard InChI is InChI=1S/C17H19NOS/c1-13-7-8-17(20-13)16(19)12-18-10-9-15(11-18)14-5-3-2-4-6-14/h2-8,15H,9-12H2,1H3. The minimum absolute atomic E-state index is 0.261. The average Bonchev–Trinajstić information content (AvgIpc) is 3.09. The molecule has 0 saturated carbocycles. The van der Waals surface area contributed by atoms with Gasteiger partial charge in [0.05, 0.1) is 11.4 Å². The average molecular weight is 285 g/mol. The van der Waals surface area contributed by atoms with Crippen LogP contribution in [-0.4, -0.2) is 30.3 Å². The SMILES string of the molecule is Cc1ccc(C(=O)CN2CCC(c3ccccc3)C2)s1. The van der Waals surface area contributed by atoms with Crippen LogP contribution in [0.3, 0.4) is 0 Å². The van der Waals surface area contributed by atoms with E-state index in [1.807, 2.05) is 19.1 Å². The van der Waals surface area contributed by atoms with Crippen molar-refractivity contribution in [1.29, 1.82) is 0 Å². The minimum Gasteiger partial charge on any atom is -0.295 e. The number of ketones is 1. The summed E-state index contributed by atoms with van der Waals surface area (Å²) in [6.45, 7) is 4.63. The third kappa shape index (κ3) is 3.00. The number of thiophene rings is 1. The molecule has 1 unspecified atom stereocenters. The molecule has 3 heteroatoms. The summed E-state index contributed by atoms with van der Waals surface area (Å²) in [5.74, 6) is 0.839. The summed E-state index contributed by atoms with van der Waals surface area (Å²) in [6.07, 6.45) is 1.15. The fourth-order valence-electron chi connectivity index (χ4n) is 2.84. The maximum atomic E-state index is 12.2. The molecular weight excluding hydrogens is 266 g/mol. The molecule has 0 spiro atoms. The van der Waals surface area contributed by atoms with E-state index in [1.54, 1.807) is 11.3 Å². The summed E-state index contributed by atoms with van der Waals surface area (Å²) in [6, 6.07) is 14.6. The van der Waals surface area contributed by atoms with Crippen LogP contribution in [-0.2, 0) is 0 Å². The molecule has 1 aromatic carbocycles. The van der Waals surface area contributed by atoms with Gasteiger partial charge in [0, 0.05) is 11.4 Å². The van der Waals surface area contributed by atoms with Crippen LogP contribution in [0, 0.1) is 6.92 Å². The van der Waals surface area contributed by atoms with Gasteiger partial charge in [-0.05, 0) is 43.5 Å². The lowest BCUT2D eigenvalue weighted by molar-refractivity contribution is 0.0948. The lowest BCUT2D eigenvalue weighted by atomic mass is 9.99. The van der Waals surface area contributed by atoms with Gasteiger partial charge in [-0.3, -0.25) is 9.69 Å². The van der Waals surface area contributed by atoms with Gasteiger partial charge in [-0.2, -0.15) is 0 Å². The molecule has 1 saturated heterocycles. The maximum absolute atomic E-state index is 12.2. The number of hydrogen-bond donors (Lipinski definition) is 0. The summed E-state index contributed by atoms with van der Waals surface area (Å²) < 4.78 is 0. The van der Waals surface area contributed by atoms with Crippen molar-refractivity contribution in [2.45, 2.75) is 19.3 Å². The molecule has 1 aromatic heterocycles. The minimum atomic E-state index is 0.261. The molecule has 0 aliphatic carbocycles.